The average molecular weight is 372 g/mol. The molecule has 0 radical (unpaired) electrons. The summed E-state index contributed by atoms with van der Waals surface area (Å²) in [5.74, 6) is 7.40. The molecular formula is C28H20O. The van der Waals surface area contributed by atoms with Crippen molar-refractivity contribution in [3.63, 3.8) is 0 Å². The highest BCUT2D eigenvalue weighted by atomic mass is 16.5. The Morgan fingerprint density at radius 1 is 0.586 bits per heavy atom. The van der Waals surface area contributed by atoms with Crippen LogP contribution in [0.25, 0.3) is 10.8 Å². The van der Waals surface area contributed by atoms with E-state index in [1.165, 1.54) is 27.5 Å². The van der Waals surface area contributed by atoms with Gasteiger partial charge in [0.05, 0.1) is 18.1 Å². The second kappa shape index (κ2) is 6.62. The average Bonchev–Trinajstić information content (AvgIpc) is 3.35. The van der Waals surface area contributed by atoms with Crippen LogP contribution in [0, 0.1) is 17.8 Å². The zero-order valence-electron chi connectivity index (χ0n) is 16.0. The largest absolute Gasteiger partial charge is 0.364 e. The van der Waals surface area contributed by atoms with Crippen LogP contribution in [0.2, 0.25) is 0 Å². The van der Waals surface area contributed by atoms with Crippen LogP contribution in [0.5, 0.6) is 0 Å². The minimum Gasteiger partial charge on any atom is -0.364 e. The molecule has 1 nitrogen and oxygen atoms in total. The lowest BCUT2D eigenvalue weighted by Crippen LogP contribution is -2.19. The van der Waals surface area contributed by atoms with E-state index >= 15 is 0 Å². The number of hydrogen-bond acceptors (Lipinski definition) is 1. The van der Waals surface area contributed by atoms with E-state index in [2.05, 4.69) is 90.7 Å². The Morgan fingerprint density at radius 3 is 2.10 bits per heavy atom. The van der Waals surface area contributed by atoms with Gasteiger partial charge in [0.15, 0.2) is 0 Å². The minimum atomic E-state index is 0.0383. The van der Waals surface area contributed by atoms with Crippen LogP contribution in [0.15, 0.2) is 97.1 Å². The summed E-state index contributed by atoms with van der Waals surface area (Å²) in [5, 5.41) is 2.58. The van der Waals surface area contributed by atoms with Crippen molar-refractivity contribution in [2.24, 2.45) is 5.92 Å². The standard InChI is InChI=1S/C28H20O/c1-2-9-19(10-3-1)17-18-25-26(22-16-8-12-20-11-4-5-13-21(20)22)28-24-15-7-6-14-23(24)27(25)29-28/h1-16,25-28H/t25-,26+,27+,28-/m1/s1. The van der Waals surface area contributed by atoms with Crippen LogP contribution in [-0.2, 0) is 4.74 Å². The maximum atomic E-state index is 6.56. The van der Waals surface area contributed by atoms with E-state index in [1.807, 2.05) is 18.2 Å². The number of rotatable bonds is 1. The van der Waals surface area contributed by atoms with Crippen molar-refractivity contribution in [2.45, 2.75) is 18.1 Å². The lowest BCUT2D eigenvalue weighted by Gasteiger charge is -2.27. The molecule has 0 spiro atoms. The topological polar surface area (TPSA) is 9.23 Å². The molecule has 0 aromatic heterocycles. The molecule has 2 aliphatic heterocycles. The number of fused-ring (bicyclic) bond motifs is 6. The molecule has 138 valence electrons. The first-order valence-corrected chi connectivity index (χ1v) is 10.2. The maximum Gasteiger partial charge on any atom is 0.0981 e. The van der Waals surface area contributed by atoms with Crippen LogP contribution in [0.1, 0.15) is 40.4 Å². The zero-order valence-corrected chi connectivity index (χ0v) is 16.0. The predicted octanol–water partition coefficient (Wildman–Crippen LogP) is 6.42. The zero-order chi connectivity index (χ0) is 19.2. The third kappa shape index (κ3) is 2.61. The van der Waals surface area contributed by atoms with Gasteiger partial charge in [-0.25, -0.2) is 0 Å². The monoisotopic (exact) mass is 372 g/mol. The summed E-state index contributed by atoms with van der Waals surface area (Å²) in [6, 6.07) is 34.2. The van der Waals surface area contributed by atoms with Gasteiger partial charge < -0.3 is 4.74 Å². The first-order chi connectivity index (χ1) is 14.4. The molecule has 6 rings (SSSR count). The van der Waals surface area contributed by atoms with Gasteiger partial charge in [-0.05, 0) is 39.6 Å². The second-order valence-electron chi connectivity index (χ2n) is 7.86. The molecule has 0 saturated carbocycles. The molecule has 2 aliphatic rings. The van der Waals surface area contributed by atoms with Crippen molar-refractivity contribution in [2.75, 3.05) is 0 Å². The van der Waals surface area contributed by atoms with E-state index in [0.29, 0.717) is 0 Å². The van der Waals surface area contributed by atoms with Crippen molar-refractivity contribution >= 4 is 10.8 Å². The van der Waals surface area contributed by atoms with Crippen molar-refractivity contribution in [3.8, 4) is 11.8 Å². The molecule has 0 aliphatic carbocycles. The Hall–Kier alpha value is -3.34. The Kier molecular flexibility index (Phi) is 3.79. The van der Waals surface area contributed by atoms with Gasteiger partial charge in [-0.2, -0.15) is 0 Å². The van der Waals surface area contributed by atoms with E-state index in [4.69, 9.17) is 4.74 Å². The lowest BCUT2D eigenvalue weighted by molar-refractivity contribution is 0.0628. The van der Waals surface area contributed by atoms with E-state index in [9.17, 15) is 0 Å². The number of hydrogen-bond donors (Lipinski definition) is 0. The summed E-state index contributed by atoms with van der Waals surface area (Å²) < 4.78 is 6.56. The molecule has 2 heterocycles. The van der Waals surface area contributed by atoms with Gasteiger partial charge in [-0.15, -0.1) is 0 Å². The van der Waals surface area contributed by atoms with Gasteiger partial charge in [0.1, 0.15) is 0 Å². The Labute approximate surface area is 171 Å². The van der Waals surface area contributed by atoms with Crippen LogP contribution >= 0.6 is 0 Å². The van der Waals surface area contributed by atoms with Gasteiger partial charge in [0.25, 0.3) is 0 Å². The van der Waals surface area contributed by atoms with E-state index in [0.717, 1.165) is 5.56 Å². The van der Waals surface area contributed by atoms with Gasteiger partial charge in [0, 0.05) is 11.5 Å². The molecule has 1 fully saturated rings. The predicted molar refractivity (Wildman–Crippen MR) is 117 cm³/mol. The molecule has 0 unspecified atom stereocenters. The van der Waals surface area contributed by atoms with E-state index in [-0.39, 0.29) is 24.0 Å². The molecule has 4 aromatic carbocycles. The van der Waals surface area contributed by atoms with Crippen molar-refractivity contribution in [1.82, 2.24) is 0 Å². The number of benzene rings is 4. The molecular weight excluding hydrogens is 352 g/mol. The molecule has 4 aromatic rings. The SMILES string of the molecule is C(#C[C@@H]1[C@H](c2cccc3ccccc23)[C@@H]2O[C@H]1c1ccccc12)c1ccccc1. The highest BCUT2D eigenvalue weighted by molar-refractivity contribution is 5.86. The summed E-state index contributed by atoms with van der Waals surface area (Å²) >= 11 is 0. The highest BCUT2D eigenvalue weighted by Gasteiger charge is 2.52. The summed E-state index contributed by atoms with van der Waals surface area (Å²) in [4.78, 5) is 0. The van der Waals surface area contributed by atoms with Crippen LogP contribution in [0.4, 0.5) is 0 Å². The Morgan fingerprint density at radius 2 is 1.24 bits per heavy atom. The molecule has 1 heteroatoms. The lowest BCUT2D eigenvalue weighted by atomic mass is 9.72. The van der Waals surface area contributed by atoms with Crippen molar-refractivity contribution in [1.29, 1.82) is 0 Å². The molecule has 0 N–H and O–H groups in total. The maximum absolute atomic E-state index is 6.56. The molecule has 2 bridgehead atoms. The molecule has 1 saturated heterocycles. The quantitative estimate of drug-likeness (QED) is 0.350. The van der Waals surface area contributed by atoms with Gasteiger partial charge in [0.2, 0.25) is 0 Å². The smallest absolute Gasteiger partial charge is 0.0981 e. The van der Waals surface area contributed by atoms with Gasteiger partial charge in [-0.1, -0.05) is 96.8 Å². The highest BCUT2D eigenvalue weighted by Crippen LogP contribution is 2.61. The molecule has 0 amide bonds. The minimum absolute atomic E-state index is 0.0383. The van der Waals surface area contributed by atoms with E-state index in [1.54, 1.807) is 0 Å². The Balaban J connectivity index is 1.52. The summed E-state index contributed by atoms with van der Waals surface area (Å²) in [6.45, 7) is 0. The summed E-state index contributed by atoms with van der Waals surface area (Å²) in [5.41, 5.74) is 5.03. The normalized spacial score (nSPS) is 24.1. The third-order valence-electron chi connectivity index (χ3n) is 6.28. The van der Waals surface area contributed by atoms with Crippen LogP contribution in [0.3, 0.4) is 0 Å². The fourth-order valence-corrected chi connectivity index (χ4v) is 5.02. The third-order valence-corrected chi connectivity index (χ3v) is 6.28. The summed E-state index contributed by atoms with van der Waals surface area (Å²) in [6.07, 6.45) is 0.105. The fourth-order valence-electron chi connectivity index (χ4n) is 5.02. The first kappa shape index (κ1) is 16.6. The number of ether oxygens (including phenoxy) is 1. The molecule has 4 atom stereocenters. The van der Waals surface area contributed by atoms with Gasteiger partial charge in [-0.3, -0.25) is 0 Å². The van der Waals surface area contributed by atoms with Gasteiger partial charge >= 0.3 is 0 Å². The first-order valence-electron chi connectivity index (χ1n) is 10.2. The van der Waals surface area contributed by atoms with Crippen LogP contribution < -0.4 is 0 Å². The Bertz CT molecular complexity index is 1260. The summed E-state index contributed by atoms with van der Waals surface area (Å²) in [7, 11) is 0. The van der Waals surface area contributed by atoms with Crippen LogP contribution in [-0.4, -0.2) is 0 Å². The van der Waals surface area contributed by atoms with Crippen molar-refractivity contribution < 1.29 is 4.74 Å². The van der Waals surface area contributed by atoms with Crippen molar-refractivity contribution in [3.05, 3.63) is 119 Å². The molecule has 29 heavy (non-hydrogen) atoms. The fraction of sp³-hybridized carbons (Fsp3) is 0.143. The van der Waals surface area contributed by atoms with E-state index < -0.39 is 0 Å². The second-order valence-corrected chi connectivity index (χ2v) is 7.86.